The van der Waals surface area contributed by atoms with Gasteiger partial charge in [0.1, 0.15) is 6.20 Å². The monoisotopic (exact) mass is 345 g/mol. The molecule has 0 aliphatic heterocycles. The van der Waals surface area contributed by atoms with E-state index in [1.807, 2.05) is 35.7 Å². The van der Waals surface area contributed by atoms with Gasteiger partial charge in [0.25, 0.3) is 5.56 Å². The summed E-state index contributed by atoms with van der Waals surface area (Å²) in [5, 5.41) is 12.7. The van der Waals surface area contributed by atoms with Crippen LogP contribution in [0.2, 0.25) is 0 Å². The van der Waals surface area contributed by atoms with Crippen LogP contribution in [-0.4, -0.2) is 31.8 Å². The molecule has 23 heavy (non-hydrogen) atoms. The SMILES string of the molecule is O=C(CSc1nncc(=O)[nH]1)Nc1nc(-c2ccccc2)cs1. The highest BCUT2D eigenvalue weighted by molar-refractivity contribution is 7.99. The van der Waals surface area contributed by atoms with Gasteiger partial charge < -0.3 is 5.32 Å². The van der Waals surface area contributed by atoms with Crippen molar-refractivity contribution in [2.75, 3.05) is 11.1 Å². The first kappa shape index (κ1) is 15.4. The van der Waals surface area contributed by atoms with E-state index in [0.717, 1.165) is 29.2 Å². The highest BCUT2D eigenvalue weighted by Crippen LogP contribution is 2.24. The van der Waals surface area contributed by atoms with E-state index < -0.39 is 0 Å². The zero-order valence-electron chi connectivity index (χ0n) is 11.7. The fourth-order valence-corrected chi connectivity index (χ4v) is 3.08. The molecule has 9 heteroatoms. The molecule has 1 amide bonds. The van der Waals surface area contributed by atoms with E-state index in [2.05, 4.69) is 25.5 Å². The maximum absolute atomic E-state index is 11.9. The number of hydrogen-bond acceptors (Lipinski definition) is 7. The largest absolute Gasteiger partial charge is 0.301 e. The van der Waals surface area contributed by atoms with E-state index in [4.69, 9.17) is 0 Å². The number of rotatable bonds is 5. The number of carbonyl (C=O) groups excluding carboxylic acids is 1. The Kier molecular flexibility index (Phi) is 4.79. The van der Waals surface area contributed by atoms with Crippen LogP contribution < -0.4 is 10.9 Å². The topological polar surface area (TPSA) is 101 Å². The van der Waals surface area contributed by atoms with Crippen molar-refractivity contribution < 1.29 is 4.79 Å². The number of H-pyrrole nitrogens is 1. The molecule has 0 saturated heterocycles. The highest BCUT2D eigenvalue weighted by Gasteiger charge is 2.09. The van der Waals surface area contributed by atoms with Gasteiger partial charge in [-0.25, -0.2) is 4.98 Å². The minimum atomic E-state index is -0.352. The molecule has 0 aliphatic rings. The fourth-order valence-electron chi connectivity index (χ4n) is 1.72. The molecule has 0 spiro atoms. The van der Waals surface area contributed by atoms with Gasteiger partial charge in [0.05, 0.1) is 11.4 Å². The summed E-state index contributed by atoms with van der Waals surface area (Å²) >= 11 is 2.46. The maximum atomic E-state index is 11.9. The Morgan fingerprint density at radius 2 is 2.13 bits per heavy atom. The molecular weight excluding hydrogens is 334 g/mol. The van der Waals surface area contributed by atoms with Crippen molar-refractivity contribution in [2.45, 2.75) is 5.16 Å². The summed E-state index contributed by atoms with van der Waals surface area (Å²) in [6, 6.07) is 9.73. The fraction of sp³-hybridized carbons (Fsp3) is 0.0714. The second kappa shape index (κ2) is 7.16. The van der Waals surface area contributed by atoms with Gasteiger partial charge in [-0.1, -0.05) is 42.1 Å². The molecule has 7 nitrogen and oxygen atoms in total. The van der Waals surface area contributed by atoms with Crippen LogP contribution in [0.3, 0.4) is 0 Å². The van der Waals surface area contributed by atoms with E-state index in [1.54, 1.807) is 0 Å². The summed E-state index contributed by atoms with van der Waals surface area (Å²) in [6.07, 6.45) is 1.07. The lowest BCUT2D eigenvalue weighted by atomic mass is 10.2. The molecule has 0 fully saturated rings. The summed E-state index contributed by atoms with van der Waals surface area (Å²) in [4.78, 5) is 29.9. The molecule has 2 N–H and O–H groups in total. The van der Waals surface area contributed by atoms with Crippen molar-refractivity contribution in [3.63, 3.8) is 0 Å². The molecule has 2 heterocycles. The number of thiazole rings is 1. The number of hydrogen-bond donors (Lipinski definition) is 2. The number of amides is 1. The number of aromatic amines is 1. The molecule has 0 bridgehead atoms. The summed E-state index contributed by atoms with van der Waals surface area (Å²) in [6.45, 7) is 0. The zero-order valence-corrected chi connectivity index (χ0v) is 13.4. The van der Waals surface area contributed by atoms with Crippen molar-refractivity contribution in [3.8, 4) is 11.3 Å². The van der Waals surface area contributed by atoms with Crippen LogP contribution in [0.25, 0.3) is 11.3 Å². The van der Waals surface area contributed by atoms with Gasteiger partial charge in [0.15, 0.2) is 10.3 Å². The molecule has 116 valence electrons. The van der Waals surface area contributed by atoms with E-state index in [-0.39, 0.29) is 17.2 Å². The molecule has 0 unspecified atom stereocenters. The van der Waals surface area contributed by atoms with Crippen molar-refractivity contribution in [3.05, 3.63) is 52.3 Å². The summed E-state index contributed by atoms with van der Waals surface area (Å²) in [5.41, 5.74) is 1.46. The molecule has 0 radical (unpaired) electrons. The number of benzene rings is 1. The normalized spacial score (nSPS) is 10.4. The minimum absolute atomic E-state index is 0.106. The molecule has 3 aromatic rings. The molecular formula is C14H11N5O2S2. The van der Waals surface area contributed by atoms with Gasteiger partial charge in [-0.05, 0) is 0 Å². The van der Waals surface area contributed by atoms with Crippen LogP contribution in [-0.2, 0) is 4.79 Å². The molecule has 3 rings (SSSR count). The van der Waals surface area contributed by atoms with Crippen LogP contribution in [0.5, 0.6) is 0 Å². The number of nitrogens with zero attached hydrogens (tertiary/aromatic N) is 3. The third kappa shape index (κ3) is 4.24. The third-order valence-electron chi connectivity index (χ3n) is 2.71. The second-order valence-electron chi connectivity index (χ2n) is 4.38. The Hall–Kier alpha value is -2.52. The Labute approximate surface area is 139 Å². The molecule has 0 aliphatic carbocycles. The number of anilines is 1. The maximum Gasteiger partial charge on any atom is 0.270 e. The summed E-state index contributed by atoms with van der Waals surface area (Å²) < 4.78 is 0. The quantitative estimate of drug-likeness (QED) is 0.686. The summed E-state index contributed by atoms with van der Waals surface area (Å²) in [7, 11) is 0. The second-order valence-corrected chi connectivity index (χ2v) is 6.20. The molecule has 2 aromatic heterocycles. The first-order chi connectivity index (χ1) is 11.2. The molecule has 0 atom stereocenters. The number of carbonyl (C=O) groups is 1. The van der Waals surface area contributed by atoms with Gasteiger partial charge in [-0.2, -0.15) is 5.10 Å². The van der Waals surface area contributed by atoms with Gasteiger partial charge in [0, 0.05) is 10.9 Å². The van der Waals surface area contributed by atoms with Crippen LogP contribution in [0.1, 0.15) is 0 Å². The predicted molar refractivity (Wildman–Crippen MR) is 89.6 cm³/mol. The zero-order chi connectivity index (χ0) is 16.1. The van der Waals surface area contributed by atoms with Crippen LogP contribution >= 0.6 is 23.1 Å². The van der Waals surface area contributed by atoms with Crippen molar-refractivity contribution in [1.29, 1.82) is 0 Å². The number of thioether (sulfide) groups is 1. The minimum Gasteiger partial charge on any atom is -0.301 e. The lowest BCUT2D eigenvalue weighted by Gasteiger charge is -2.00. The van der Waals surface area contributed by atoms with Gasteiger partial charge in [-0.3, -0.25) is 14.6 Å². The van der Waals surface area contributed by atoms with E-state index in [9.17, 15) is 9.59 Å². The third-order valence-corrected chi connectivity index (χ3v) is 4.34. The molecule has 1 aromatic carbocycles. The number of nitrogens with one attached hydrogen (secondary N) is 2. The Morgan fingerprint density at radius 3 is 2.91 bits per heavy atom. The summed E-state index contributed by atoms with van der Waals surface area (Å²) in [5.74, 6) is -0.120. The Balaban J connectivity index is 1.58. The standard InChI is InChI=1S/C14H11N5O2S2/c20-11-6-15-19-14(17-11)23-8-12(21)18-13-16-10(7-22-13)9-4-2-1-3-5-9/h1-7H,8H2,(H,16,18,21)(H,17,19,20). The van der Waals surface area contributed by atoms with E-state index in [1.165, 1.54) is 11.3 Å². The predicted octanol–water partition coefficient (Wildman–Crippen LogP) is 2.02. The van der Waals surface area contributed by atoms with Crippen molar-refractivity contribution in [1.82, 2.24) is 20.2 Å². The first-order valence-corrected chi connectivity index (χ1v) is 8.43. The van der Waals surface area contributed by atoms with Crippen molar-refractivity contribution in [2.24, 2.45) is 0 Å². The van der Waals surface area contributed by atoms with Crippen LogP contribution in [0.4, 0.5) is 5.13 Å². The van der Waals surface area contributed by atoms with Crippen LogP contribution in [0, 0.1) is 0 Å². The lowest BCUT2D eigenvalue weighted by Crippen LogP contribution is -2.15. The van der Waals surface area contributed by atoms with Gasteiger partial charge in [0.2, 0.25) is 5.91 Å². The smallest absolute Gasteiger partial charge is 0.270 e. The van der Waals surface area contributed by atoms with E-state index >= 15 is 0 Å². The Morgan fingerprint density at radius 1 is 1.30 bits per heavy atom. The lowest BCUT2D eigenvalue weighted by molar-refractivity contribution is -0.113. The highest BCUT2D eigenvalue weighted by atomic mass is 32.2. The first-order valence-electron chi connectivity index (χ1n) is 6.56. The van der Waals surface area contributed by atoms with Crippen LogP contribution in [0.15, 0.2) is 51.9 Å². The Bertz CT molecular complexity index is 863. The number of aromatic nitrogens is 4. The average molecular weight is 345 g/mol. The average Bonchev–Trinajstić information content (AvgIpc) is 3.02. The van der Waals surface area contributed by atoms with Gasteiger partial charge in [-0.15, -0.1) is 16.4 Å². The van der Waals surface area contributed by atoms with E-state index in [0.29, 0.717) is 10.3 Å². The molecule has 0 saturated carbocycles. The van der Waals surface area contributed by atoms with Crippen molar-refractivity contribution >= 4 is 34.1 Å². The van der Waals surface area contributed by atoms with Gasteiger partial charge >= 0.3 is 0 Å².